The third-order valence-corrected chi connectivity index (χ3v) is 8.37. The molecule has 5 aliphatic rings. The molecule has 6 heterocycles. The quantitative estimate of drug-likeness (QED) is 0.343. The average Bonchev–Trinajstić information content (AvgIpc) is 3.38. The van der Waals surface area contributed by atoms with Crippen LogP contribution in [0, 0.1) is 12.7 Å². The molecule has 1 amide bonds. The summed E-state index contributed by atoms with van der Waals surface area (Å²) in [4.78, 5) is 27.0. The number of halogens is 1. The topological polar surface area (TPSA) is 97.5 Å². The fourth-order valence-electron chi connectivity index (χ4n) is 6.11. The first kappa shape index (κ1) is 26.9. The second-order valence-corrected chi connectivity index (χ2v) is 11.0. The first-order valence-electron chi connectivity index (χ1n) is 14.3. The summed E-state index contributed by atoms with van der Waals surface area (Å²) in [7, 11) is 0. The van der Waals surface area contributed by atoms with Crippen molar-refractivity contribution in [2.24, 2.45) is 0 Å². The lowest BCUT2D eigenvalue weighted by Crippen LogP contribution is -2.36. The standard InChI is InChI=1S/C32H33FN4O4/c1-20-25-10-11-29-31(20)34-35-37(29)13-4-2-3-5-15-41-24-8-9-26(28(33)17-24)32(40)36-14-12-21-6-7-22(16-23(21)19-36)27(25)18-30(38)39/h6-11,16-17,27H,2-5,12-15,18-19H2,1H3,(H,38,39)/t27-/m0/s1. The molecule has 0 radical (unpaired) electrons. The van der Waals surface area contributed by atoms with Crippen LogP contribution in [0.15, 0.2) is 48.5 Å². The molecule has 0 fully saturated rings. The highest BCUT2D eigenvalue weighted by molar-refractivity contribution is 5.94. The number of carbonyl (C=O) groups excluding carboxylic acids is 1. The number of amides is 1. The normalized spacial score (nSPS) is 17.9. The molecule has 0 saturated carbocycles. The molecule has 9 bridgehead atoms. The Kier molecular flexibility index (Phi) is 7.43. The molecule has 0 unspecified atom stereocenters. The van der Waals surface area contributed by atoms with Crippen molar-refractivity contribution in [3.05, 3.63) is 87.7 Å². The van der Waals surface area contributed by atoms with Gasteiger partial charge in [-0.15, -0.1) is 5.10 Å². The lowest BCUT2D eigenvalue weighted by Gasteiger charge is -2.30. The number of carboxylic acids is 1. The van der Waals surface area contributed by atoms with E-state index in [1.54, 1.807) is 11.0 Å². The van der Waals surface area contributed by atoms with Crippen LogP contribution in [0.1, 0.15) is 76.2 Å². The first-order valence-corrected chi connectivity index (χ1v) is 14.3. The minimum atomic E-state index is -0.895. The fourth-order valence-corrected chi connectivity index (χ4v) is 6.11. The smallest absolute Gasteiger partial charge is 0.304 e. The van der Waals surface area contributed by atoms with Crippen molar-refractivity contribution < 1.29 is 23.8 Å². The van der Waals surface area contributed by atoms with Crippen molar-refractivity contribution in [1.29, 1.82) is 0 Å². The molecular formula is C32H33FN4O4. The molecule has 4 aromatic rings. The van der Waals surface area contributed by atoms with E-state index in [9.17, 15) is 14.7 Å². The maximum absolute atomic E-state index is 15.0. The second kappa shape index (κ2) is 11.3. The van der Waals surface area contributed by atoms with Crippen LogP contribution in [0.5, 0.6) is 5.75 Å². The molecule has 9 rings (SSSR count). The summed E-state index contributed by atoms with van der Waals surface area (Å²) in [5.41, 5.74) is 6.48. The van der Waals surface area contributed by atoms with E-state index in [0.29, 0.717) is 31.9 Å². The highest BCUT2D eigenvalue weighted by Crippen LogP contribution is 2.35. The number of hydrogen-bond donors (Lipinski definition) is 1. The molecule has 8 nitrogen and oxygen atoms in total. The van der Waals surface area contributed by atoms with Gasteiger partial charge in [-0.1, -0.05) is 35.9 Å². The van der Waals surface area contributed by atoms with Crippen LogP contribution < -0.4 is 4.74 Å². The van der Waals surface area contributed by atoms with Crippen LogP contribution in [0.2, 0.25) is 0 Å². The molecule has 9 heteroatoms. The SMILES string of the molecule is Cc1c2ccc3c1nnn3CCCCCCOc1ccc(c(F)c1)C(=O)N1CCc3ccc(cc3C1)[C@@H]2CC(=O)O. The minimum Gasteiger partial charge on any atom is -0.493 e. The summed E-state index contributed by atoms with van der Waals surface area (Å²) in [6, 6.07) is 14.5. The van der Waals surface area contributed by atoms with Crippen LogP contribution >= 0.6 is 0 Å². The number of benzene rings is 3. The Morgan fingerprint density at radius 1 is 1.05 bits per heavy atom. The van der Waals surface area contributed by atoms with Gasteiger partial charge in [-0.2, -0.15) is 0 Å². The van der Waals surface area contributed by atoms with Crippen molar-refractivity contribution in [3.63, 3.8) is 0 Å². The number of hydrogen-bond acceptors (Lipinski definition) is 5. The summed E-state index contributed by atoms with van der Waals surface area (Å²) < 4.78 is 22.7. The lowest BCUT2D eigenvalue weighted by atomic mass is 9.83. The van der Waals surface area contributed by atoms with Crippen LogP contribution in [0.25, 0.3) is 11.0 Å². The van der Waals surface area contributed by atoms with E-state index in [-0.39, 0.29) is 17.9 Å². The van der Waals surface area contributed by atoms with E-state index < -0.39 is 17.7 Å². The largest absolute Gasteiger partial charge is 0.493 e. The zero-order valence-corrected chi connectivity index (χ0v) is 23.1. The van der Waals surface area contributed by atoms with Crippen molar-refractivity contribution in [2.75, 3.05) is 13.2 Å². The van der Waals surface area contributed by atoms with Gasteiger partial charge in [0.25, 0.3) is 5.91 Å². The maximum Gasteiger partial charge on any atom is 0.304 e. The third-order valence-electron chi connectivity index (χ3n) is 8.37. The molecule has 1 aromatic heterocycles. The Balaban J connectivity index is 1.40. The van der Waals surface area contributed by atoms with E-state index in [1.165, 1.54) is 12.1 Å². The molecule has 5 aliphatic heterocycles. The summed E-state index contributed by atoms with van der Waals surface area (Å²) in [5.74, 6) is -1.84. The zero-order chi connectivity index (χ0) is 28.5. The van der Waals surface area contributed by atoms with Gasteiger partial charge in [0.05, 0.1) is 24.1 Å². The number of aliphatic carboxylic acids is 1. The van der Waals surface area contributed by atoms with Crippen molar-refractivity contribution in [3.8, 4) is 5.75 Å². The van der Waals surface area contributed by atoms with Gasteiger partial charge in [-0.25, -0.2) is 9.07 Å². The maximum atomic E-state index is 15.0. The third kappa shape index (κ3) is 5.40. The van der Waals surface area contributed by atoms with E-state index in [2.05, 4.69) is 10.3 Å². The van der Waals surface area contributed by atoms with Crippen molar-refractivity contribution in [1.82, 2.24) is 19.9 Å². The number of nitrogens with zero attached hydrogens (tertiary/aromatic N) is 4. The Bertz CT molecular complexity index is 1630. The number of rotatable bonds is 2. The van der Waals surface area contributed by atoms with Gasteiger partial charge in [0.1, 0.15) is 17.1 Å². The van der Waals surface area contributed by atoms with Gasteiger partial charge in [-0.3, -0.25) is 9.59 Å². The van der Waals surface area contributed by atoms with Gasteiger partial charge in [-0.05, 0) is 78.6 Å². The minimum absolute atomic E-state index is 0.0236. The van der Waals surface area contributed by atoms with Crippen molar-refractivity contribution >= 4 is 22.9 Å². The van der Waals surface area contributed by atoms with Gasteiger partial charge in [0, 0.05) is 31.6 Å². The zero-order valence-electron chi connectivity index (χ0n) is 23.1. The summed E-state index contributed by atoms with van der Waals surface area (Å²) >= 11 is 0. The Morgan fingerprint density at radius 3 is 2.73 bits per heavy atom. The van der Waals surface area contributed by atoms with Crippen LogP contribution in [-0.2, 0) is 24.3 Å². The van der Waals surface area contributed by atoms with E-state index in [1.807, 2.05) is 41.9 Å². The monoisotopic (exact) mass is 556 g/mol. The average molecular weight is 557 g/mol. The van der Waals surface area contributed by atoms with Crippen LogP contribution in [0.3, 0.4) is 0 Å². The molecule has 0 spiro atoms. The van der Waals surface area contributed by atoms with Gasteiger partial charge in [0.15, 0.2) is 0 Å². The molecule has 3 aromatic carbocycles. The number of carbonyl (C=O) groups is 2. The van der Waals surface area contributed by atoms with Gasteiger partial charge >= 0.3 is 5.97 Å². The summed E-state index contributed by atoms with van der Waals surface area (Å²) in [5, 5.41) is 18.7. The Hall–Kier alpha value is -4.27. The van der Waals surface area contributed by atoms with Gasteiger partial charge < -0.3 is 14.7 Å². The molecule has 0 saturated heterocycles. The predicted octanol–water partition coefficient (Wildman–Crippen LogP) is 5.64. The number of aromatic nitrogens is 3. The van der Waals surface area contributed by atoms with E-state index in [4.69, 9.17) is 4.74 Å². The number of carboxylic acid groups (broad SMARTS) is 1. The fraction of sp³-hybridized carbons (Fsp3) is 0.375. The van der Waals surface area contributed by atoms with Gasteiger partial charge in [0.2, 0.25) is 0 Å². The Morgan fingerprint density at radius 2 is 1.90 bits per heavy atom. The first-order chi connectivity index (χ1) is 19.9. The van der Waals surface area contributed by atoms with E-state index in [0.717, 1.165) is 71.1 Å². The number of aryl methyl sites for hydroxylation is 2. The highest BCUT2D eigenvalue weighted by atomic mass is 19.1. The molecule has 212 valence electrons. The molecule has 0 aliphatic carbocycles. The molecule has 41 heavy (non-hydrogen) atoms. The highest BCUT2D eigenvalue weighted by Gasteiger charge is 2.27. The van der Waals surface area contributed by atoms with E-state index >= 15 is 4.39 Å². The predicted molar refractivity (Wildman–Crippen MR) is 152 cm³/mol. The van der Waals surface area contributed by atoms with Crippen molar-refractivity contribution in [2.45, 2.75) is 64.5 Å². The van der Waals surface area contributed by atoms with Crippen LogP contribution in [-0.4, -0.2) is 50.0 Å². The summed E-state index contributed by atoms with van der Waals surface area (Å²) in [6.07, 6.45) is 4.27. The molecule has 1 N–H and O–H groups in total. The number of ether oxygens (including phenoxy) is 1. The molecular weight excluding hydrogens is 523 g/mol. The second-order valence-electron chi connectivity index (χ2n) is 11.0. The lowest BCUT2D eigenvalue weighted by molar-refractivity contribution is -0.137. The van der Waals surface area contributed by atoms with Crippen LogP contribution in [0.4, 0.5) is 4.39 Å². The molecule has 1 atom stereocenters. The summed E-state index contributed by atoms with van der Waals surface area (Å²) in [6.45, 7) is 3.99. The Labute approximate surface area is 237 Å².